The van der Waals surface area contributed by atoms with Gasteiger partial charge in [-0.1, -0.05) is 41.9 Å². The molecule has 0 radical (unpaired) electrons. The zero-order valence-electron chi connectivity index (χ0n) is 25.5. The Morgan fingerprint density at radius 1 is 1.00 bits per heavy atom. The van der Waals surface area contributed by atoms with E-state index in [4.69, 9.17) is 21.5 Å². The molecule has 0 spiro atoms. The Hall–Kier alpha value is -3.78. The second-order valence-electron chi connectivity index (χ2n) is 10.8. The highest BCUT2D eigenvalue weighted by molar-refractivity contribution is 7.89. The molecule has 1 saturated heterocycles. The summed E-state index contributed by atoms with van der Waals surface area (Å²) in [5.41, 5.74) is 1.67. The maximum atomic E-state index is 13.9. The predicted molar refractivity (Wildman–Crippen MR) is 175 cm³/mol. The standard InChI is InChI=1S/C32H37ClN4O7S2/c1-2-44-31(40)22-35(16-13-24-7-11-27(12-8-24)46(34,42)43)29(38)20-28-32(41)36(17-14-23-5-9-25(33)10-6-23)21-30(39)37(28)18-15-26-4-3-19-45-26/h3-12,19,28H,2,13-18,20-22H2,1H3,(H2,34,42,43). The van der Waals surface area contributed by atoms with Crippen LogP contribution in [-0.4, -0.2) is 92.2 Å². The zero-order chi connectivity index (χ0) is 33.3. The van der Waals surface area contributed by atoms with Crippen LogP contribution in [0.3, 0.4) is 0 Å². The van der Waals surface area contributed by atoms with Crippen LogP contribution in [0.25, 0.3) is 0 Å². The third kappa shape index (κ3) is 9.86. The molecule has 2 N–H and O–H groups in total. The number of piperazine rings is 1. The number of benzene rings is 2. The summed E-state index contributed by atoms with van der Waals surface area (Å²) >= 11 is 7.55. The van der Waals surface area contributed by atoms with Crippen molar-refractivity contribution in [3.8, 4) is 0 Å². The molecule has 0 aliphatic carbocycles. The van der Waals surface area contributed by atoms with Gasteiger partial charge in [0.05, 0.1) is 24.5 Å². The lowest BCUT2D eigenvalue weighted by molar-refractivity contribution is -0.158. The van der Waals surface area contributed by atoms with Crippen molar-refractivity contribution in [1.82, 2.24) is 14.7 Å². The first-order chi connectivity index (χ1) is 21.9. The maximum absolute atomic E-state index is 13.9. The number of sulfonamides is 1. The summed E-state index contributed by atoms with van der Waals surface area (Å²) in [6, 6.07) is 16.0. The van der Waals surface area contributed by atoms with E-state index in [2.05, 4.69) is 0 Å². The summed E-state index contributed by atoms with van der Waals surface area (Å²) in [6.45, 7) is 2.00. The molecule has 2 heterocycles. The normalized spacial score (nSPS) is 15.2. The molecule has 3 aromatic rings. The molecule has 0 saturated carbocycles. The van der Waals surface area contributed by atoms with Crippen molar-refractivity contribution in [2.45, 2.75) is 43.5 Å². The molecule has 2 aromatic carbocycles. The van der Waals surface area contributed by atoms with Crippen LogP contribution in [0.2, 0.25) is 5.02 Å². The minimum atomic E-state index is -3.86. The molecular weight excluding hydrogens is 652 g/mol. The first kappa shape index (κ1) is 35.1. The number of primary sulfonamides is 1. The van der Waals surface area contributed by atoms with Gasteiger partial charge in [0.25, 0.3) is 0 Å². The molecule has 246 valence electrons. The fourth-order valence-electron chi connectivity index (χ4n) is 5.18. The molecule has 1 aliphatic heterocycles. The first-order valence-electron chi connectivity index (χ1n) is 14.8. The van der Waals surface area contributed by atoms with E-state index in [1.165, 1.54) is 26.8 Å². The average Bonchev–Trinajstić information content (AvgIpc) is 3.54. The van der Waals surface area contributed by atoms with Crippen molar-refractivity contribution in [3.63, 3.8) is 0 Å². The lowest BCUT2D eigenvalue weighted by Gasteiger charge is -2.40. The number of thiophene rings is 1. The Morgan fingerprint density at radius 3 is 2.30 bits per heavy atom. The number of ether oxygens (including phenoxy) is 1. The van der Waals surface area contributed by atoms with E-state index in [1.807, 2.05) is 29.6 Å². The second-order valence-corrected chi connectivity index (χ2v) is 13.9. The highest BCUT2D eigenvalue weighted by atomic mass is 35.5. The second kappa shape index (κ2) is 16.2. The Balaban J connectivity index is 1.52. The molecule has 0 bridgehead atoms. The topological polar surface area (TPSA) is 147 Å². The number of hydrogen-bond acceptors (Lipinski definition) is 8. The van der Waals surface area contributed by atoms with Gasteiger partial charge >= 0.3 is 5.97 Å². The SMILES string of the molecule is CCOC(=O)CN(CCc1ccc(S(N)(=O)=O)cc1)C(=O)CC1C(=O)N(CCc2ccc(Cl)cc2)CC(=O)N1CCc1cccs1. The monoisotopic (exact) mass is 688 g/mol. The molecule has 14 heteroatoms. The lowest BCUT2D eigenvalue weighted by atomic mass is 10.0. The number of hydrogen-bond donors (Lipinski definition) is 1. The summed E-state index contributed by atoms with van der Waals surface area (Å²) in [5, 5.41) is 7.73. The van der Waals surface area contributed by atoms with Crippen molar-refractivity contribution in [2.75, 3.05) is 39.3 Å². The third-order valence-corrected chi connectivity index (χ3v) is 9.77. The van der Waals surface area contributed by atoms with Gasteiger partial charge in [-0.2, -0.15) is 0 Å². The van der Waals surface area contributed by atoms with Crippen molar-refractivity contribution >= 4 is 56.7 Å². The number of carbonyl (C=O) groups excluding carboxylic acids is 4. The van der Waals surface area contributed by atoms with Crippen LogP contribution in [0.15, 0.2) is 70.9 Å². The van der Waals surface area contributed by atoms with Gasteiger partial charge in [-0.25, -0.2) is 13.6 Å². The van der Waals surface area contributed by atoms with E-state index in [9.17, 15) is 27.6 Å². The average molecular weight is 689 g/mol. The molecule has 11 nitrogen and oxygen atoms in total. The summed E-state index contributed by atoms with van der Waals surface area (Å²) in [5.74, 6) is -1.67. The molecule has 46 heavy (non-hydrogen) atoms. The van der Waals surface area contributed by atoms with E-state index >= 15 is 0 Å². The van der Waals surface area contributed by atoms with Crippen LogP contribution < -0.4 is 5.14 Å². The number of halogens is 1. The van der Waals surface area contributed by atoms with Crippen molar-refractivity contribution in [2.24, 2.45) is 5.14 Å². The van der Waals surface area contributed by atoms with Gasteiger partial charge in [-0.15, -0.1) is 11.3 Å². The van der Waals surface area contributed by atoms with Crippen LogP contribution in [0.5, 0.6) is 0 Å². The van der Waals surface area contributed by atoms with E-state index in [1.54, 1.807) is 42.5 Å². The van der Waals surface area contributed by atoms with Crippen LogP contribution in [0, 0.1) is 0 Å². The molecule has 1 fully saturated rings. The fourth-order valence-corrected chi connectivity index (χ4v) is 6.52. The maximum Gasteiger partial charge on any atom is 0.325 e. The summed E-state index contributed by atoms with van der Waals surface area (Å²) < 4.78 is 28.3. The fraction of sp³-hybridized carbons (Fsp3) is 0.375. The third-order valence-electron chi connectivity index (χ3n) is 7.65. The van der Waals surface area contributed by atoms with Crippen molar-refractivity contribution in [1.29, 1.82) is 0 Å². The van der Waals surface area contributed by atoms with Crippen molar-refractivity contribution < 1.29 is 32.3 Å². The first-order valence-corrected chi connectivity index (χ1v) is 17.6. The van der Waals surface area contributed by atoms with Crippen LogP contribution >= 0.6 is 22.9 Å². The zero-order valence-corrected chi connectivity index (χ0v) is 27.9. The molecule has 4 rings (SSSR count). The Labute approximate surface area is 277 Å². The minimum absolute atomic E-state index is 0.0422. The molecular formula is C32H37ClN4O7S2. The number of nitrogens with zero attached hydrogens (tertiary/aromatic N) is 3. The summed E-state index contributed by atoms with van der Waals surface area (Å²) in [4.78, 5) is 58.9. The van der Waals surface area contributed by atoms with Gasteiger partial charge in [-0.05, 0) is 73.0 Å². The van der Waals surface area contributed by atoms with Gasteiger partial charge in [0.15, 0.2) is 0 Å². The van der Waals surface area contributed by atoms with E-state index in [-0.39, 0.29) is 62.5 Å². The number of nitrogens with two attached hydrogens (primary N) is 1. The smallest absolute Gasteiger partial charge is 0.325 e. The van der Waals surface area contributed by atoms with Gasteiger partial charge in [-0.3, -0.25) is 19.2 Å². The van der Waals surface area contributed by atoms with Gasteiger partial charge in [0, 0.05) is 29.5 Å². The molecule has 1 aliphatic rings. The van der Waals surface area contributed by atoms with Gasteiger partial charge < -0.3 is 19.4 Å². The minimum Gasteiger partial charge on any atom is -0.465 e. The lowest BCUT2D eigenvalue weighted by Crippen LogP contribution is -2.61. The van der Waals surface area contributed by atoms with Crippen LogP contribution in [0.4, 0.5) is 0 Å². The predicted octanol–water partition coefficient (Wildman–Crippen LogP) is 2.90. The quantitative estimate of drug-likeness (QED) is 0.242. The largest absolute Gasteiger partial charge is 0.465 e. The van der Waals surface area contributed by atoms with Gasteiger partial charge in [0.2, 0.25) is 27.7 Å². The highest BCUT2D eigenvalue weighted by Gasteiger charge is 2.41. The Morgan fingerprint density at radius 2 is 1.67 bits per heavy atom. The number of amides is 3. The summed E-state index contributed by atoms with van der Waals surface area (Å²) in [7, 11) is -3.86. The van der Waals surface area contributed by atoms with Crippen molar-refractivity contribution in [3.05, 3.63) is 87.1 Å². The Kier molecular flexibility index (Phi) is 12.3. The molecule has 3 amide bonds. The Bertz CT molecular complexity index is 1610. The number of esters is 1. The van der Waals surface area contributed by atoms with E-state index < -0.39 is 27.9 Å². The van der Waals surface area contributed by atoms with Crippen LogP contribution in [-0.2, 0) is 53.2 Å². The molecule has 1 aromatic heterocycles. The van der Waals surface area contributed by atoms with Gasteiger partial charge in [0.1, 0.15) is 12.6 Å². The van der Waals surface area contributed by atoms with E-state index in [0.717, 1.165) is 10.4 Å². The number of carbonyl (C=O) groups is 4. The van der Waals surface area contributed by atoms with Crippen LogP contribution in [0.1, 0.15) is 29.3 Å². The number of rotatable bonds is 15. The highest BCUT2D eigenvalue weighted by Crippen LogP contribution is 2.21. The molecule has 1 atom stereocenters. The molecule has 1 unspecified atom stereocenters. The van der Waals surface area contributed by atoms with E-state index in [0.29, 0.717) is 29.8 Å². The summed E-state index contributed by atoms with van der Waals surface area (Å²) in [6.07, 6.45) is 1.03.